The third kappa shape index (κ3) is 13.0. The van der Waals surface area contributed by atoms with Crippen molar-refractivity contribution in [3.05, 3.63) is 124 Å². The van der Waals surface area contributed by atoms with Crippen LogP contribution in [-0.4, -0.2) is 105 Å². The van der Waals surface area contributed by atoms with Gasteiger partial charge in [0, 0.05) is 31.3 Å². The second-order valence-electron chi connectivity index (χ2n) is 18.3. The first-order valence-electron chi connectivity index (χ1n) is 23.0. The van der Waals surface area contributed by atoms with Gasteiger partial charge >= 0.3 is 5.97 Å². The Balaban J connectivity index is 0.967. The maximum absolute atomic E-state index is 14.1. The van der Waals surface area contributed by atoms with Crippen LogP contribution in [0.15, 0.2) is 90.6 Å². The average Bonchev–Trinajstić information content (AvgIpc) is 4.10. The molecule has 0 radical (unpaired) electrons. The molecule has 0 saturated carbocycles. The number of esters is 1. The standard InChI is InChI=1S/C50H55FN10O10S2/c1-7-73(68,69)60-36-18-14-32(20-38(36)71-28(3)30-12-16-34(51)17-13-30)42-41(45(52)64)46(59-58-42)56-39-19-15-33(23-53-39)49(67)70-25-40(63)57-44(50(4,5)6)48(66)61-24-35(62)21-37(61)47(65)54-22-29-8-10-31(11-9-29)43-27(2)55-26-72-43/h8-20,23,26,28,35,37,44,60,62H,7,21-22,24-25H2,1-6H3,(H2,52,64)(H,54,65)(H,57,63)(H2,53,56,58,59)/t28-,35+,37-,44+/m0/s1. The molecule has 3 aromatic heterocycles. The van der Waals surface area contributed by atoms with E-state index in [2.05, 4.69) is 40.8 Å². The van der Waals surface area contributed by atoms with Crippen molar-refractivity contribution in [2.75, 3.05) is 28.9 Å². The van der Waals surface area contributed by atoms with Crippen LogP contribution in [0.1, 0.15) is 84.7 Å². The highest BCUT2D eigenvalue weighted by atomic mass is 32.2. The Hall–Kier alpha value is -7.76. The maximum atomic E-state index is 14.1. The van der Waals surface area contributed by atoms with E-state index in [1.54, 1.807) is 33.2 Å². The van der Waals surface area contributed by atoms with Crippen LogP contribution in [-0.2, 0) is 35.7 Å². The van der Waals surface area contributed by atoms with Crippen LogP contribution in [0.25, 0.3) is 21.7 Å². The van der Waals surface area contributed by atoms with Gasteiger partial charge in [-0.3, -0.25) is 29.0 Å². The van der Waals surface area contributed by atoms with Crippen LogP contribution < -0.4 is 31.1 Å². The van der Waals surface area contributed by atoms with Crippen molar-refractivity contribution in [2.45, 2.75) is 78.8 Å². The molecule has 1 aliphatic rings. The summed E-state index contributed by atoms with van der Waals surface area (Å²) in [7, 11) is -3.75. The van der Waals surface area contributed by atoms with Crippen molar-refractivity contribution < 1.29 is 51.4 Å². The number of carbonyl (C=O) groups is 5. The quantitative estimate of drug-likeness (QED) is 0.0476. The third-order valence-electron chi connectivity index (χ3n) is 11.9. The number of hydrogen-bond acceptors (Lipinski definition) is 15. The molecule has 1 saturated heterocycles. The van der Waals surface area contributed by atoms with E-state index in [1.165, 1.54) is 77.8 Å². The minimum Gasteiger partial charge on any atom is -0.484 e. The number of primary amides is 1. The zero-order valence-electron chi connectivity index (χ0n) is 40.7. The SMILES string of the molecule is CCS(=O)(=O)Nc1ccc(-c2[nH]nc(Nc3ccc(C(=O)OCC(=O)N[C@H](C(=O)N4C[C@H](O)C[C@H]4C(=O)NCc4ccc(-c5scnc5C)cc4)C(C)(C)C)cn3)c2C(N)=O)cc1O[C@@H](C)c1ccc(F)cc1. The Morgan fingerprint density at radius 1 is 1.00 bits per heavy atom. The number of aromatic nitrogens is 4. The van der Waals surface area contributed by atoms with Crippen molar-refractivity contribution in [1.82, 2.24) is 35.7 Å². The topological polar surface area (TPSA) is 290 Å². The molecule has 7 rings (SSSR count). The zero-order valence-corrected chi connectivity index (χ0v) is 42.3. The molecule has 0 spiro atoms. The number of benzene rings is 3. The number of β-amino-alcohol motifs (C(OH)–C–C–N with tert-alkyl or cyclic N) is 1. The largest absolute Gasteiger partial charge is 0.484 e. The van der Waals surface area contributed by atoms with Gasteiger partial charge < -0.3 is 41.2 Å². The molecule has 3 aromatic carbocycles. The first-order chi connectivity index (χ1) is 34.6. The van der Waals surface area contributed by atoms with E-state index in [4.69, 9.17) is 15.2 Å². The van der Waals surface area contributed by atoms with Crippen molar-refractivity contribution >= 4 is 68.3 Å². The summed E-state index contributed by atoms with van der Waals surface area (Å²) in [5, 5.41) is 26.0. The number of thiazole rings is 1. The van der Waals surface area contributed by atoms with Gasteiger partial charge in [-0.05, 0) is 79.3 Å². The van der Waals surface area contributed by atoms with Crippen molar-refractivity contribution in [2.24, 2.45) is 11.1 Å². The van der Waals surface area contributed by atoms with Gasteiger partial charge in [-0.25, -0.2) is 27.6 Å². The van der Waals surface area contributed by atoms with Crippen LogP contribution >= 0.6 is 11.3 Å². The Morgan fingerprint density at radius 3 is 2.34 bits per heavy atom. The number of hydrogen-bond donors (Lipinski definition) is 7. The zero-order chi connectivity index (χ0) is 52.8. The summed E-state index contributed by atoms with van der Waals surface area (Å²) in [6, 6.07) is 18.3. The number of pyridine rings is 1. The minimum absolute atomic E-state index is 0.00203. The van der Waals surface area contributed by atoms with Gasteiger partial charge in [-0.15, -0.1) is 11.3 Å². The van der Waals surface area contributed by atoms with E-state index in [0.29, 0.717) is 11.1 Å². The van der Waals surface area contributed by atoms with Gasteiger partial charge in [0.25, 0.3) is 11.8 Å². The van der Waals surface area contributed by atoms with Gasteiger partial charge in [0.2, 0.25) is 21.8 Å². The Kier molecular flexibility index (Phi) is 16.2. The van der Waals surface area contributed by atoms with E-state index in [0.717, 1.165) is 27.9 Å². The summed E-state index contributed by atoms with van der Waals surface area (Å²) < 4.78 is 52.7. The number of nitrogens with one attached hydrogen (secondary N) is 5. The number of ether oxygens (including phenoxy) is 2. The molecule has 4 heterocycles. The fourth-order valence-electron chi connectivity index (χ4n) is 7.88. The summed E-state index contributed by atoms with van der Waals surface area (Å²) in [5.41, 5.74) is 10.6. The molecule has 23 heteroatoms. The highest BCUT2D eigenvalue weighted by molar-refractivity contribution is 7.92. The molecule has 384 valence electrons. The number of amides is 4. The summed E-state index contributed by atoms with van der Waals surface area (Å²) in [6.07, 6.45) is -0.476. The minimum atomic E-state index is -3.75. The first-order valence-corrected chi connectivity index (χ1v) is 25.5. The van der Waals surface area contributed by atoms with Crippen molar-refractivity contribution in [3.8, 4) is 27.4 Å². The lowest BCUT2D eigenvalue weighted by Crippen LogP contribution is -2.58. The van der Waals surface area contributed by atoms with Crippen LogP contribution in [0.3, 0.4) is 0 Å². The lowest BCUT2D eigenvalue weighted by Gasteiger charge is -2.35. The maximum Gasteiger partial charge on any atom is 0.340 e. The first kappa shape index (κ1) is 53.0. The predicted molar refractivity (Wildman–Crippen MR) is 271 cm³/mol. The normalized spacial score (nSPS) is 15.5. The van der Waals surface area contributed by atoms with Gasteiger partial charge in [-0.1, -0.05) is 63.2 Å². The average molecular weight is 1040 g/mol. The fraction of sp³-hybridized carbons (Fsp3) is 0.320. The van der Waals surface area contributed by atoms with E-state index in [9.17, 15) is 41.9 Å². The van der Waals surface area contributed by atoms with Gasteiger partial charge in [0.05, 0.1) is 44.9 Å². The molecule has 8 N–H and O–H groups in total. The highest BCUT2D eigenvalue weighted by Gasteiger charge is 2.44. The second-order valence-corrected chi connectivity index (χ2v) is 21.2. The number of aromatic amines is 1. The molecule has 0 aliphatic carbocycles. The lowest BCUT2D eigenvalue weighted by molar-refractivity contribution is -0.144. The number of aliphatic hydroxyl groups is 1. The monoisotopic (exact) mass is 1040 g/mol. The molecule has 0 bridgehead atoms. The molecule has 73 heavy (non-hydrogen) atoms. The molecule has 4 amide bonds. The number of likely N-dealkylation sites (tertiary alicyclic amines) is 1. The van der Waals surface area contributed by atoms with E-state index in [-0.39, 0.29) is 65.2 Å². The number of rotatable bonds is 19. The number of sulfonamides is 1. The van der Waals surface area contributed by atoms with Crippen LogP contribution in [0.5, 0.6) is 5.75 Å². The molecule has 6 aromatic rings. The van der Waals surface area contributed by atoms with Gasteiger partial charge in [0.15, 0.2) is 12.4 Å². The Labute approximate surface area is 424 Å². The predicted octanol–water partition coefficient (Wildman–Crippen LogP) is 5.75. The molecular weight excluding hydrogens is 984 g/mol. The highest BCUT2D eigenvalue weighted by Crippen LogP contribution is 2.37. The van der Waals surface area contributed by atoms with Gasteiger partial charge in [-0.2, -0.15) is 5.10 Å². The number of aryl methyl sites for hydroxylation is 1. The third-order valence-corrected chi connectivity index (χ3v) is 14.1. The molecule has 1 fully saturated rings. The van der Waals surface area contributed by atoms with Crippen LogP contribution in [0.2, 0.25) is 0 Å². The summed E-state index contributed by atoms with van der Waals surface area (Å²) in [4.78, 5) is 77.7. The lowest BCUT2D eigenvalue weighted by atomic mass is 9.85. The van der Waals surface area contributed by atoms with E-state index >= 15 is 0 Å². The molecule has 1 aliphatic heterocycles. The molecule has 20 nitrogen and oxygen atoms in total. The Bertz CT molecular complexity index is 3110. The number of H-pyrrole nitrogens is 1. The second kappa shape index (κ2) is 22.3. The molecular formula is C50H55FN10O10S2. The number of anilines is 3. The van der Waals surface area contributed by atoms with E-state index < -0.39 is 81.8 Å². The van der Waals surface area contributed by atoms with Crippen molar-refractivity contribution in [3.63, 3.8) is 0 Å². The fourth-order valence-corrected chi connectivity index (χ4v) is 9.34. The Morgan fingerprint density at radius 2 is 1.71 bits per heavy atom. The van der Waals surface area contributed by atoms with E-state index in [1.807, 2.05) is 31.2 Å². The number of halogens is 1. The molecule has 0 unspecified atom stereocenters. The summed E-state index contributed by atoms with van der Waals surface area (Å²) >= 11 is 1.54. The number of nitrogens with zero attached hydrogens (tertiary/aromatic N) is 4. The summed E-state index contributed by atoms with van der Waals surface area (Å²) in [5.74, 6) is -4.15. The van der Waals surface area contributed by atoms with Crippen LogP contribution in [0, 0.1) is 18.2 Å². The number of nitrogens with two attached hydrogens (primary N) is 1. The number of carbonyl (C=O) groups excluding carboxylic acids is 5. The van der Waals surface area contributed by atoms with Crippen molar-refractivity contribution in [1.29, 1.82) is 0 Å². The number of aliphatic hydroxyl groups excluding tert-OH is 1. The summed E-state index contributed by atoms with van der Waals surface area (Å²) in [6.45, 7) is 9.57. The van der Waals surface area contributed by atoms with Gasteiger partial charge in [0.1, 0.15) is 41.1 Å². The molecule has 4 atom stereocenters. The van der Waals surface area contributed by atoms with Crippen LogP contribution in [0.4, 0.5) is 21.7 Å². The smallest absolute Gasteiger partial charge is 0.340 e.